The number of rotatable bonds is 7. The summed E-state index contributed by atoms with van der Waals surface area (Å²) in [5.41, 5.74) is 7.84. The Bertz CT molecular complexity index is 1370. The molecule has 0 unspecified atom stereocenters. The number of aromatic nitrogens is 2. The molecule has 1 aromatic heterocycles. The Kier molecular flexibility index (Phi) is 6.64. The van der Waals surface area contributed by atoms with E-state index in [9.17, 15) is 18.8 Å². The van der Waals surface area contributed by atoms with Crippen molar-refractivity contribution in [3.05, 3.63) is 65.2 Å². The molecule has 10 heteroatoms. The fraction of sp³-hybridized carbons (Fsp3) is 0.333. The maximum Gasteiger partial charge on any atom is 0.277 e. The summed E-state index contributed by atoms with van der Waals surface area (Å²) in [6.07, 6.45) is 3.48. The molecule has 1 saturated heterocycles. The van der Waals surface area contributed by atoms with E-state index in [1.54, 1.807) is 28.0 Å². The number of benzene rings is 2. The molecule has 192 valence electrons. The van der Waals surface area contributed by atoms with E-state index in [1.165, 1.54) is 16.8 Å². The first-order valence-corrected chi connectivity index (χ1v) is 12.4. The molecule has 0 atom stereocenters. The van der Waals surface area contributed by atoms with Gasteiger partial charge in [0.2, 0.25) is 5.91 Å². The lowest BCUT2D eigenvalue weighted by molar-refractivity contribution is -0.119. The van der Waals surface area contributed by atoms with Gasteiger partial charge in [0.15, 0.2) is 5.69 Å². The third-order valence-corrected chi connectivity index (χ3v) is 6.62. The van der Waals surface area contributed by atoms with Gasteiger partial charge in [0.05, 0.1) is 12.3 Å². The summed E-state index contributed by atoms with van der Waals surface area (Å²) in [5, 5.41) is 4.31. The molecule has 37 heavy (non-hydrogen) atoms. The Morgan fingerprint density at radius 2 is 1.73 bits per heavy atom. The van der Waals surface area contributed by atoms with Crippen molar-refractivity contribution in [2.24, 2.45) is 5.73 Å². The first-order chi connectivity index (χ1) is 17.9. The van der Waals surface area contributed by atoms with Crippen molar-refractivity contribution in [1.29, 1.82) is 0 Å². The number of hydrogen-bond acceptors (Lipinski definition) is 5. The Morgan fingerprint density at radius 3 is 2.41 bits per heavy atom. The van der Waals surface area contributed by atoms with Gasteiger partial charge < -0.3 is 20.3 Å². The largest absolute Gasteiger partial charge is 0.493 e. The van der Waals surface area contributed by atoms with Gasteiger partial charge in [-0.2, -0.15) is 5.10 Å². The first-order valence-electron chi connectivity index (χ1n) is 12.4. The van der Waals surface area contributed by atoms with Gasteiger partial charge >= 0.3 is 0 Å². The van der Waals surface area contributed by atoms with Crippen LogP contribution in [-0.2, 0) is 11.2 Å². The first kappa shape index (κ1) is 24.5. The molecule has 5 rings (SSSR count). The molecule has 0 saturated carbocycles. The van der Waals surface area contributed by atoms with Crippen LogP contribution in [0, 0.1) is 5.82 Å². The average Bonchev–Trinajstić information content (AvgIpc) is 3.29. The molecule has 3 heterocycles. The fourth-order valence-corrected chi connectivity index (χ4v) is 4.86. The summed E-state index contributed by atoms with van der Waals surface area (Å²) in [5.74, 6) is -1.31. The van der Waals surface area contributed by atoms with Crippen molar-refractivity contribution in [2.45, 2.75) is 39.0 Å². The molecular weight excluding hydrogens is 477 g/mol. The van der Waals surface area contributed by atoms with E-state index in [0.29, 0.717) is 49.5 Å². The van der Waals surface area contributed by atoms with Gasteiger partial charge in [0.25, 0.3) is 11.8 Å². The Labute approximate surface area is 213 Å². The van der Waals surface area contributed by atoms with Crippen molar-refractivity contribution in [3.8, 4) is 11.4 Å². The van der Waals surface area contributed by atoms with E-state index in [1.807, 2.05) is 19.1 Å². The van der Waals surface area contributed by atoms with E-state index >= 15 is 0 Å². The third-order valence-electron chi connectivity index (χ3n) is 6.62. The smallest absolute Gasteiger partial charge is 0.277 e. The summed E-state index contributed by atoms with van der Waals surface area (Å²) in [7, 11) is 0. The second kappa shape index (κ2) is 10.0. The van der Waals surface area contributed by atoms with Crippen LogP contribution in [0.2, 0.25) is 0 Å². The number of hydrogen-bond donors (Lipinski definition) is 1. The fourth-order valence-electron chi connectivity index (χ4n) is 4.86. The highest BCUT2D eigenvalue weighted by molar-refractivity contribution is 6.09. The van der Waals surface area contributed by atoms with Crippen molar-refractivity contribution < 1.29 is 23.5 Å². The van der Waals surface area contributed by atoms with E-state index in [-0.39, 0.29) is 28.9 Å². The minimum Gasteiger partial charge on any atom is -0.493 e. The molecule has 2 N–H and O–H groups in total. The SMILES string of the molecule is CCCOc1cc(F)cc(-n2nc(C(N)=O)c3c2C(=O)N(c2ccc(N4CCCCC4=O)cc2)CC3)c1. The Morgan fingerprint density at radius 1 is 1.00 bits per heavy atom. The van der Waals surface area contributed by atoms with Gasteiger partial charge in [0, 0.05) is 48.6 Å². The lowest BCUT2D eigenvalue weighted by Crippen LogP contribution is -2.39. The molecule has 3 aromatic rings. The predicted octanol–water partition coefficient (Wildman–Crippen LogP) is 3.62. The van der Waals surface area contributed by atoms with Crippen LogP contribution in [0.25, 0.3) is 5.69 Å². The molecule has 0 radical (unpaired) electrons. The lowest BCUT2D eigenvalue weighted by atomic mass is 10.0. The quantitative estimate of drug-likeness (QED) is 0.527. The third kappa shape index (κ3) is 4.66. The van der Waals surface area contributed by atoms with Crippen LogP contribution in [-0.4, -0.2) is 47.2 Å². The number of amides is 3. The molecule has 2 aliphatic rings. The van der Waals surface area contributed by atoms with Crippen LogP contribution in [0.3, 0.4) is 0 Å². The summed E-state index contributed by atoms with van der Waals surface area (Å²) in [6.45, 7) is 3.33. The highest BCUT2D eigenvalue weighted by Gasteiger charge is 2.35. The Hall–Kier alpha value is -4.21. The summed E-state index contributed by atoms with van der Waals surface area (Å²) in [6, 6.07) is 11.3. The number of halogens is 1. The summed E-state index contributed by atoms with van der Waals surface area (Å²) < 4.78 is 21.3. The van der Waals surface area contributed by atoms with Crippen LogP contribution in [0.4, 0.5) is 15.8 Å². The predicted molar refractivity (Wildman–Crippen MR) is 136 cm³/mol. The van der Waals surface area contributed by atoms with Gasteiger partial charge in [-0.1, -0.05) is 6.92 Å². The monoisotopic (exact) mass is 505 g/mol. The van der Waals surface area contributed by atoms with Crippen molar-refractivity contribution in [1.82, 2.24) is 9.78 Å². The van der Waals surface area contributed by atoms with E-state index in [2.05, 4.69) is 5.10 Å². The number of piperidine rings is 1. The zero-order valence-corrected chi connectivity index (χ0v) is 20.6. The number of ether oxygens (including phenoxy) is 1. The van der Waals surface area contributed by atoms with Crippen LogP contribution in [0.5, 0.6) is 5.75 Å². The molecular formula is C27H28FN5O4. The average molecular weight is 506 g/mol. The number of fused-ring (bicyclic) bond motifs is 1. The molecule has 2 aromatic carbocycles. The van der Waals surface area contributed by atoms with E-state index < -0.39 is 11.7 Å². The Balaban J connectivity index is 1.51. The number of anilines is 2. The molecule has 1 fully saturated rings. The van der Waals surface area contributed by atoms with Gasteiger partial charge in [-0.05, 0) is 56.0 Å². The van der Waals surface area contributed by atoms with E-state index in [0.717, 1.165) is 24.9 Å². The molecule has 2 aliphatic heterocycles. The van der Waals surface area contributed by atoms with Gasteiger partial charge in [-0.25, -0.2) is 9.07 Å². The highest BCUT2D eigenvalue weighted by atomic mass is 19.1. The molecule has 0 bridgehead atoms. The van der Waals surface area contributed by atoms with Crippen molar-refractivity contribution in [2.75, 3.05) is 29.5 Å². The second-order valence-electron chi connectivity index (χ2n) is 9.17. The molecule has 3 amide bonds. The van der Waals surface area contributed by atoms with Gasteiger partial charge in [0.1, 0.15) is 17.3 Å². The van der Waals surface area contributed by atoms with Crippen LogP contribution in [0.1, 0.15) is 59.1 Å². The van der Waals surface area contributed by atoms with Crippen LogP contribution in [0.15, 0.2) is 42.5 Å². The number of nitrogens with two attached hydrogens (primary N) is 1. The topological polar surface area (TPSA) is 111 Å². The number of primary amides is 1. The number of carbonyl (C=O) groups is 3. The second-order valence-corrected chi connectivity index (χ2v) is 9.17. The lowest BCUT2D eigenvalue weighted by Gasteiger charge is -2.29. The number of carbonyl (C=O) groups excluding carboxylic acids is 3. The maximum absolute atomic E-state index is 14.5. The molecule has 0 aliphatic carbocycles. The summed E-state index contributed by atoms with van der Waals surface area (Å²) in [4.78, 5) is 41.5. The maximum atomic E-state index is 14.5. The minimum absolute atomic E-state index is 0.0118. The van der Waals surface area contributed by atoms with E-state index in [4.69, 9.17) is 10.5 Å². The highest BCUT2D eigenvalue weighted by Crippen LogP contribution is 2.31. The van der Waals surface area contributed by atoms with Gasteiger partial charge in [-0.15, -0.1) is 0 Å². The zero-order chi connectivity index (χ0) is 26.1. The van der Waals surface area contributed by atoms with Crippen LogP contribution < -0.4 is 20.3 Å². The molecule has 0 spiro atoms. The summed E-state index contributed by atoms with van der Waals surface area (Å²) >= 11 is 0. The van der Waals surface area contributed by atoms with Crippen molar-refractivity contribution >= 4 is 29.1 Å². The van der Waals surface area contributed by atoms with Gasteiger partial charge in [-0.3, -0.25) is 14.4 Å². The standard InChI is InChI=1S/C27H28FN5O4/c1-2-13-37-21-15-17(28)14-20(16-21)33-25-22(24(30-33)26(29)35)10-12-32(27(25)36)19-8-6-18(7-9-19)31-11-4-3-5-23(31)34/h6-9,14-16H,2-5,10-13H2,1H3,(H2,29,35). The molecule has 9 nitrogen and oxygen atoms in total. The normalized spacial score (nSPS) is 15.6. The number of nitrogens with zero attached hydrogens (tertiary/aromatic N) is 4. The zero-order valence-electron chi connectivity index (χ0n) is 20.6. The van der Waals surface area contributed by atoms with Crippen molar-refractivity contribution in [3.63, 3.8) is 0 Å². The minimum atomic E-state index is -0.759. The van der Waals surface area contributed by atoms with Crippen LogP contribution >= 0.6 is 0 Å².